The molecule has 3 aromatic carbocycles. The molecule has 0 aliphatic carbocycles. The van der Waals surface area contributed by atoms with Crippen molar-refractivity contribution in [1.29, 1.82) is 0 Å². The van der Waals surface area contributed by atoms with Crippen molar-refractivity contribution in [3.8, 4) is 0 Å². The highest BCUT2D eigenvalue weighted by atomic mass is 35.5. The van der Waals surface area contributed by atoms with E-state index in [4.69, 9.17) is 11.6 Å². The predicted octanol–water partition coefficient (Wildman–Crippen LogP) is 5.92. The third-order valence-corrected chi connectivity index (χ3v) is 7.82. The minimum Gasteiger partial charge on any atom is -0.367 e. The van der Waals surface area contributed by atoms with Gasteiger partial charge in [-0.3, -0.25) is 14.4 Å². The zero-order valence-corrected chi connectivity index (χ0v) is 24.2. The molecule has 0 saturated carbocycles. The first-order valence-corrected chi connectivity index (χ1v) is 14.3. The molecule has 1 aliphatic heterocycles. The lowest BCUT2D eigenvalue weighted by atomic mass is 9.94. The van der Waals surface area contributed by atoms with Gasteiger partial charge in [-0.05, 0) is 56.2 Å². The Hall–Kier alpha value is -3.84. The van der Waals surface area contributed by atoms with E-state index in [0.29, 0.717) is 61.1 Å². The molecule has 1 aliphatic rings. The smallest absolute Gasteiger partial charge is 0.257 e. The number of amides is 3. The minimum atomic E-state index is -0.337. The molecule has 0 bridgehead atoms. The van der Waals surface area contributed by atoms with E-state index < -0.39 is 0 Å². The van der Waals surface area contributed by atoms with Gasteiger partial charge in [0.2, 0.25) is 5.91 Å². The maximum Gasteiger partial charge on any atom is 0.257 e. The second-order valence-electron chi connectivity index (χ2n) is 9.83. The summed E-state index contributed by atoms with van der Waals surface area (Å²) < 4.78 is 0. The molecule has 0 spiro atoms. The minimum absolute atomic E-state index is 0.0949. The molecule has 210 valence electrons. The van der Waals surface area contributed by atoms with Gasteiger partial charge in [-0.15, -0.1) is 0 Å². The molecule has 1 atom stereocenters. The van der Waals surface area contributed by atoms with Crippen LogP contribution in [-0.2, 0) is 4.79 Å². The summed E-state index contributed by atoms with van der Waals surface area (Å²) in [5.41, 5.74) is 3.25. The van der Waals surface area contributed by atoms with Crippen molar-refractivity contribution in [3.63, 3.8) is 0 Å². The lowest BCUT2D eigenvalue weighted by Gasteiger charge is -2.38. The van der Waals surface area contributed by atoms with Gasteiger partial charge >= 0.3 is 0 Å². The Balaban J connectivity index is 1.54. The monoisotopic (exact) mass is 560 g/mol. The van der Waals surface area contributed by atoms with Crippen molar-refractivity contribution in [2.24, 2.45) is 0 Å². The Bertz CT molecular complexity index is 1330. The SMILES string of the molecule is CC[C@H](C(=O)N1CCN(c2ccc(NC(=O)c3ccccc3Cl)cc2C(=O)N(CC)CC)CC1)c1ccccc1. The first-order valence-electron chi connectivity index (χ1n) is 14.0. The maximum atomic E-state index is 13.6. The third-order valence-electron chi connectivity index (χ3n) is 7.49. The standard InChI is InChI=1S/C32H37ClN4O3/c1-4-25(23-12-8-7-9-13-23)31(39)37-20-18-36(19-21-37)29-17-16-24(22-27(29)32(40)35(5-2)6-3)34-30(38)26-14-10-11-15-28(26)33/h7-17,22,25H,4-6,18-21H2,1-3H3,(H,34,38)/t25-/m0/s1. The highest BCUT2D eigenvalue weighted by Gasteiger charge is 2.29. The fourth-order valence-electron chi connectivity index (χ4n) is 5.21. The molecule has 4 rings (SSSR count). The van der Waals surface area contributed by atoms with Crippen LogP contribution in [0.1, 0.15) is 59.4 Å². The molecule has 1 N–H and O–H groups in total. The van der Waals surface area contributed by atoms with Gasteiger partial charge in [0.1, 0.15) is 0 Å². The summed E-state index contributed by atoms with van der Waals surface area (Å²) in [5, 5.41) is 3.25. The van der Waals surface area contributed by atoms with E-state index in [2.05, 4.69) is 10.2 Å². The topological polar surface area (TPSA) is 73.0 Å². The lowest BCUT2D eigenvalue weighted by Crippen LogP contribution is -2.50. The number of anilines is 2. The Morgan fingerprint density at radius 1 is 0.850 bits per heavy atom. The summed E-state index contributed by atoms with van der Waals surface area (Å²) >= 11 is 6.21. The summed E-state index contributed by atoms with van der Waals surface area (Å²) in [7, 11) is 0. The fraction of sp³-hybridized carbons (Fsp3) is 0.344. The van der Waals surface area contributed by atoms with Crippen LogP contribution in [0.5, 0.6) is 0 Å². The number of hydrogen-bond donors (Lipinski definition) is 1. The molecule has 0 unspecified atom stereocenters. The van der Waals surface area contributed by atoms with Crippen LogP contribution in [0.15, 0.2) is 72.8 Å². The van der Waals surface area contributed by atoms with Gasteiger partial charge in [0.25, 0.3) is 11.8 Å². The number of carbonyl (C=O) groups excluding carboxylic acids is 3. The van der Waals surface area contributed by atoms with Crippen molar-refractivity contribution in [1.82, 2.24) is 9.80 Å². The maximum absolute atomic E-state index is 13.6. The highest BCUT2D eigenvalue weighted by Crippen LogP contribution is 2.29. The van der Waals surface area contributed by atoms with Crippen molar-refractivity contribution >= 4 is 40.7 Å². The van der Waals surface area contributed by atoms with E-state index in [0.717, 1.165) is 17.7 Å². The number of rotatable bonds is 9. The molecule has 7 nitrogen and oxygen atoms in total. The summed E-state index contributed by atoms with van der Waals surface area (Å²) in [5.74, 6) is -0.447. The van der Waals surface area contributed by atoms with Gasteiger partial charge in [-0.2, -0.15) is 0 Å². The van der Waals surface area contributed by atoms with Crippen LogP contribution in [0, 0.1) is 0 Å². The first-order chi connectivity index (χ1) is 19.4. The molecule has 1 heterocycles. The largest absolute Gasteiger partial charge is 0.367 e. The summed E-state index contributed by atoms with van der Waals surface area (Å²) in [4.78, 5) is 45.7. The van der Waals surface area contributed by atoms with Crippen LogP contribution in [0.3, 0.4) is 0 Å². The van der Waals surface area contributed by atoms with E-state index in [1.54, 1.807) is 35.2 Å². The summed E-state index contributed by atoms with van der Waals surface area (Å²) in [6.45, 7) is 9.47. The normalized spacial score (nSPS) is 14.0. The van der Waals surface area contributed by atoms with Crippen LogP contribution < -0.4 is 10.2 Å². The van der Waals surface area contributed by atoms with Gasteiger partial charge in [-0.1, -0.05) is 61.0 Å². The van der Waals surface area contributed by atoms with Crippen molar-refractivity contribution in [3.05, 3.63) is 94.5 Å². The first kappa shape index (κ1) is 29.2. The molecule has 3 amide bonds. The van der Waals surface area contributed by atoms with Gasteiger partial charge < -0.3 is 20.0 Å². The number of halogens is 1. The lowest BCUT2D eigenvalue weighted by molar-refractivity contribution is -0.133. The number of carbonyl (C=O) groups is 3. The van der Waals surface area contributed by atoms with Crippen molar-refractivity contribution < 1.29 is 14.4 Å². The molecule has 0 aromatic heterocycles. The van der Waals surface area contributed by atoms with E-state index >= 15 is 0 Å². The average Bonchev–Trinajstić information content (AvgIpc) is 2.99. The molecule has 8 heteroatoms. The van der Waals surface area contributed by atoms with Gasteiger partial charge in [-0.25, -0.2) is 0 Å². The second-order valence-corrected chi connectivity index (χ2v) is 10.2. The number of hydrogen-bond acceptors (Lipinski definition) is 4. The van der Waals surface area contributed by atoms with E-state index in [-0.39, 0.29) is 23.6 Å². The summed E-state index contributed by atoms with van der Waals surface area (Å²) in [6.07, 6.45) is 0.743. The van der Waals surface area contributed by atoms with Crippen LogP contribution in [0.2, 0.25) is 5.02 Å². The predicted molar refractivity (Wildman–Crippen MR) is 161 cm³/mol. The van der Waals surface area contributed by atoms with Crippen LogP contribution >= 0.6 is 11.6 Å². The molecule has 3 aromatic rings. The number of piperazine rings is 1. The zero-order chi connectivity index (χ0) is 28.6. The quantitative estimate of drug-likeness (QED) is 0.353. The average molecular weight is 561 g/mol. The van der Waals surface area contributed by atoms with Crippen molar-refractivity contribution in [2.75, 3.05) is 49.5 Å². The van der Waals surface area contributed by atoms with Crippen LogP contribution in [-0.4, -0.2) is 66.8 Å². The Morgan fingerprint density at radius 3 is 2.12 bits per heavy atom. The zero-order valence-electron chi connectivity index (χ0n) is 23.4. The van der Waals surface area contributed by atoms with Crippen LogP contribution in [0.25, 0.3) is 0 Å². The van der Waals surface area contributed by atoms with Gasteiger partial charge in [0, 0.05) is 50.6 Å². The second kappa shape index (κ2) is 13.5. The number of benzene rings is 3. The molecule has 1 saturated heterocycles. The fourth-order valence-corrected chi connectivity index (χ4v) is 5.43. The van der Waals surface area contributed by atoms with Crippen molar-refractivity contribution in [2.45, 2.75) is 33.1 Å². The van der Waals surface area contributed by atoms with Gasteiger partial charge in [0.05, 0.1) is 22.1 Å². The van der Waals surface area contributed by atoms with E-state index in [1.165, 1.54) is 0 Å². The number of nitrogens with one attached hydrogen (secondary N) is 1. The Labute approximate surface area is 241 Å². The number of nitrogens with zero attached hydrogens (tertiary/aromatic N) is 3. The van der Waals surface area contributed by atoms with Gasteiger partial charge in [0.15, 0.2) is 0 Å². The highest BCUT2D eigenvalue weighted by molar-refractivity contribution is 6.34. The Kier molecular flexibility index (Phi) is 9.83. The van der Waals surface area contributed by atoms with Crippen LogP contribution in [0.4, 0.5) is 11.4 Å². The summed E-state index contributed by atoms with van der Waals surface area (Å²) in [6, 6.07) is 22.2. The van der Waals surface area contributed by atoms with E-state index in [1.807, 2.05) is 68.1 Å². The third kappa shape index (κ3) is 6.48. The molecular weight excluding hydrogens is 524 g/mol. The molecular formula is C32H37ClN4O3. The molecule has 40 heavy (non-hydrogen) atoms. The Morgan fingerprint density at radius 2 is 1.50 bits per heavy atom. The molecule has 0 radical (unpaired) electrons. The molecule has 1 fully saturated rings. The van der Waals surface area contributed by atoms with E-state index in [9.17, 15) is 14.4 Å².